The highest BCUT2D eigenvalue weighted by Gasteiger charge is 2.22. The van der Waals surface area contributed by atoms with Crippen LogP contribution in [0.3, 0.4) is 0 Å². The largest absolute Gasteiger partial charge is 0.481 e. The van der Waals surface area contributed by atoms with Crippen molar-refractivity contribution in [1.29, 1.82) is 0 Å². The molecule has 3 N–H and O–H groups in total. The number of nitrogens with two attached hydrogens (primary N) is 1. The van der Waals surface area contributed by atoms with Crippen LogP contribution in [-0.2, 0) is 16.1 Å². The van der Waals surface area contributed by atoms with E-state index >= 15 is 0 Å². The molecule has 4 rings (SSSR count). The number of methoxy groups -OCH3 is 1. The van der Waals surface area contributed by atoms with Crippen LogP contribution in [0.25, 0.3) is 22.3 Å². The van der Waals surface area contributed by atoms with Gasteiger partial charge in [-0.1, -0.05) is 6.92 Å². The van der Waals surface area contributed by atoms with Crippen LogP contribution in [0.2, 0.25) is 0 Å². The Bertz CT molecular complexity index is 1250. The van der Waals surface area contributed by atoms with E-state index in [1.165, 1.54) is 0 Å². The van der Waals surface area contributed by atoms with Gasteiger partial charge in [-0.3, -0.25) is 14.6 Å². The van der Waals surface area contributed by atoms with Crippen molar-refractivity contribution in [2.45, 2.75) is 32.7 Å². The maximum absolute atomic E-state index is 13.4. The lowest BCUT2D eigenvalue weighted by atomic mass is 9.96. The van der Waals surface area contributed by atoms with Crippen LogP contribution in [0.1, 0.15) is 26.2 Å². The van der Waals surface area contributed by atoms with Gasteiger partial charge in [0.25, 0.3) is 5.56 Å². The van der Waals surface area contributed by atoms with E-state index < -0.39 is 0 Å². The number of fused-ring (bicyclic) bond motifs is 1. The predicted molar refractivity (Wildman–Crippen MR) is 142 cm³/mol. The van der Waals surface area contributed by atoms with Crippen LogP contribution >= 0.6 is 0 Å². The fourth-order valence-corrected chi connectivity index (χ4v) is 4.47. The van der Waals surface area contributed by atoms with E-state index in [1.54, 1.807) is 30.1 Å². The Morgan fingerprint density at radius 1 is 1.16 bits per heavy atom. The molecule has 1 fully saturated rings. The van der Waals surface area contributed by atoms with Gasteiger partial charge in [0, 0.05) is 50.0 Å². The van der Waals surface area contributed by atoms with Crippen molar-refractivity contribution in [3.8, 4) is 17.1 Å². The molecule has 0 atom stereocenters. The molecule has 0 aromatic carbocycles. The Balaban J connectivity index is 1.54. The first-order valence-electron chi connectivity index (χ1n) is 12.7. The number of likely N-dealkylation sites (tertiary alicyclic amines) is 1. The van der Waals surface area contributed by atoms with Crippen molar-refractivity contribution in [3.63, 3.8) is 0 Å². The summed E-state index contributed by atoms with van der Waals surface area (Å²) < 4.78 is 12.5. The summed E-state index contributed by atoms with van der Waals surface area (Å²) in [6.07, 6.45) is 5.82. The number of nitrogens with zero attached hydrogens (tertiary/aromatic N) is 5. The van der Waals surface area contributed by atoms with Crippen LogP contribution in [0.5, 0.6) is 5.88 Å². The highest BCUT2D eigenvalue weighted by atomic mass is 16.5. The minimum absolute atomic E-state index is 0.0421. The second-order valence-corrected chi connectivity index (χ2v) is 9.12. The third kappa shape index (κ3) is 6.60. The number of primary amides is 1. The summed E-state index contributed by atoms with van der Waals surface area (Å²) in [4.78, 5) is 40.5. The van der Waals surface area contributed by atoms with E-state index in [0.717, 1.165) is 44.5 Å². The van der Waals surface area contributed by atoms with Gasteiger partial charge in [-0.25, -0.2) is 9.97 Å². The molecule has 11 nitrogen and oxygen atoms in total. The molecular formula is C26H35N7O4. The van der Waals surface area contributed by atoms with Gasteiger partial charge >= 0.3 is 0 Å². The average molecular weight is 510 g/mol. The number of anilines is 1. The van der Waals surface area contributed by atoms with Gasteiger partial charge in [0.2, 0.25) is 11.8 Å². The molecule has 0 aliphatic carbocycles. The van der Waals surface area contributed by atoms with Gasteiger partial charge in [-0.15, -0.1) is 0 Å². The molecule has 1 aliphatic heterocycles. The third-order valence-electron chi connectivity index (χ3n) is 6.59. The standard InChI is InChI=1S/C26H35N7O4/c1-3-13-37-14-12-33-22-15-20(19-4-5-23(36-2)30-16-19)29-17-21(22)31-25(26(33)35)28-8-11-32-9-6-18(7-10-32)24(27)34/h4-5,15-18H,3,6-14H2,1-2H3,(H2,27,34)(H,28,31). The van der Waals surface area contributed by atoms with E-state index in [0.29, 0.717) is 48.9 Å². The molecule has 0 bridgehead atoms. The molecule has 0 saturated carbocycles. The van der Waals surface area contributed by atoms with Gasteiger partial charge in [0.1, 0.15) is 5.52 Å². The van der Waals surface area contributed by atoms with Gasteiger partial charge in [-0.2, -0.15) is 0 Å². The molecular weight excluding hydrogens is 474 g/mol. The number of hydrogen-bond acceptors (Lipinski definition) is 9. The van der Waals surface area contributed by atoms with Crippen molar-refractivity contribution in [2.75, 3.05) is 51.8 Å². The predicted octanol–water partition coefficient (Wildman–Crippen LogP) is 1.90. The van der Waals surface area contributed by atoms with Crippen LogP contribution in [0, 0.1) is 5.92 Å². The van der Waals surface area contributed by atoms with E-state index in [4.69, 9.17) is 15.2 Å². The average Bonchev–Trinajstić information content (AvgIpc) is 2.92. The number of rotatable bonds is 12. The van der Waals surface area contributed by atoms with Crippen molar-refractivity contribution < 1.29 is 14.3 Å². The molecule has 0 unspecified atom stereocenters. The number of aromatic nitrogens is 4. The zero-order chi connectivity index (χ0) is 26.2. The first-order valence-corrected chi connectivity index (χ1v) is 12.7. The Kier molecular flexibility index (Phi) is 9.02. The van der Waals surface area contributed by atoms with Crippen molar-refractivity contribution in [1.82, 2.24) is 24.4 Å². The zero-order valence-electron chi connectivity index (χ0n) is 21.5. The van der Waals surface area contributed by atoms with E-state index in [1.807, 2.05) is 19.1 Å². The highest BCUT2D eigenvalue weighted by molar-refractivity contribution is 5.80. The summed E-state index contributed by atoms with van der Waals surface area (Å²) in [6, 6.07) is 5.51. The van der Waals surface area contributed by atoms with E-state index in [-0.39, 0.29) is 23.2 Å². The normalized spacial score (nSPS) is 14.6. The topological polar surface area (TPSA) is 137 Å². The van der Waals surface area contributed by atoms with Crippen molar-refractivity contribution in [2.24, 2.45) is 11.7 Å². The minimum Gasteiger partial charge on any atom is -0.481 e. The molecule has 198 valence electrons. The van der Waals surface area contributed by atoms with E-state index in [9.17, 15) is 9.59 Å². The highest BCUT2D eigenvalue weighted by Crippen LogP contribution is 2.22. The first-order chi connectivity index (χ1) is 18.0. The number of amides is 1. The van der Waals surface area contributed by atoms with E-state index in [2.05, 4.69) is 25.2 Å². The summed E-state index contributed by atoms with van der Waals surface area (Å²) in [6.45, 7) is 6.43. The molecule has 1 aliphatic rings. The summed E-state index contributed by atoms with van der Waals surface area (Å²) in [5.74, 6) is 0.543. The third-order valence-corrected chi connectivity index (χ3v) is 6.59. The minimum atomic E-state index is -0.221. The number of nitrogens with one attached hydrogen (secondary N) is 1. The summed E-state index contributed by atoms with van der Waals surface area (Å²) in [5.41, 5.74) is 8.03. The Morgan fingerprint density at radius 2 is 1.97 bits per heavy atom. The van der Waals surface area contributed by atoms with Gasteiger partial charge < -0.3 is 30.0 Å². The van der Waals surface area contributed by atoms with Crippen LogP contribution in [-0.4, -0.2) is 76.8 Å². The SMILES string of the molecule is CCCOCCn1c(=O)c(NCCN2CCC(C(N)=O)CC2)nc2cnc(-c3ccc(OC)nc3)cc21. The molecule has 37 heavy (non-hydrogen) atoms. The van der Waals surface area contributed by atoms with Crippen LogP contribution < -0.4 is 21.3 Å². The summed E-state index contributed by atoms with van der Waals surface area (Å²) >= 11 is 0. The number of carbonyl (C=O) groups excluding carboxylic acids is 1. The number of piperidine rings is 1. The van der Waals surface area contributed by atoms with Gasteiger partial charge in [-0.05, 0) is 44.5 Å². The molecule has 3 aromatic heterocycles. The molecule has 0 radical (unpaired) electrons. The number of hydrogen-bond donors (Lipinski definition) is 2. The number of ether oxygens (including phenoxy) is 2. The zero-order valence-corrected chi connectivity index (χ0v) is 21.5. The van der Waals surface area contributed by atoms with Crippen LogP contribution in [0.15, 0.2) is 35.4 Å². The molecule has 0 spiro atoms. The lowest BCUT2D eigenvalue weighted by Crippen LogP contribution is -2.40. The Labute approximate surface area is 216 Å². The lowest BCUT2D eigenvalue weighted by Gasteiger charge is -2.30. The Hall–Kier alpha value is -3.57. The second kappa shape index (κ2) is 12.6. The number of pyridine rings is 2. The molecule has 1 amide bonds. The monoisotopic (exact) mass is 509 g/mol. The summed E-state index contributed by atoms with van der Waals surface area (Å²) in [7, 11) is 1.57. The second-order valence-electron chi connectivity index (χ2n) is 9.12. The van der Waals surface area contributed by atoms with Gasteiger partial charge in [0.05, 0.1) is 31.1 Å². The molecule has 1 saturated heterocycles. The molecule has 3 aromatic rings. The smallest absolute Gasteiger partial charge is 0.293 e. The van der Waals surface area contributed by atoms with Gasteiger partial charge in [0.15, 0.2) is 5.82 Å². The maximum Gasteiger partial charge on any atom is 0.293 e. The van der Waals surface area contributed by atoms with Crippen molar-refractivity contribution in [3.05, 3.63) is 40.9 Å². The Morgan fingerprint density at radius 3 is 2.65 bits per heavy atom. The van der Waals surface area contributed by atoms with Crippen LogP contribution in [0.4, 0.5) is 5.82 Å². The molecule has 11 heteroatoms. The fraction of sp³-hybridized carbons (Fsp3) is 0.500. The molecule has 4 heterocycles. The maximum atomic E-state index is 13.4. The first kappa shape index (κ1) is 26.5. The lowest BCUT2D eigenvalue weighted by molar-refractivity contribution is -0.123. The van der Waals surface area contributed by atoms with Crippen molar-refractivity contribution >= 4 is 22.8 Å². The quantitative estimate of drug-likeness (QED) is 0.351. The fourth-order valence-electron chi connectivity index (χ4n) is 4.47. The number of carbonyl (C=O) groups is 1. The summed E-state index contributed by atoms with van der Waals surface area (Å²) in [5, 5.41) is 3.22.